The van der Waals surface area contributed by atoms with Crippen molar-refractivity contribution in [2.45, 2.75) is 31.8 Å². The molecule has 0 bridgehead atoms. The minimum atomic E-state index is 0.332. The summed E-state index contributed by atoms with van der Waals surface area (Å²) in [6, 6.07) is 9.47. The highest BCUT2D eigenvalue weighted by Gasteiger charge is 2.33. The Morgan fingerprint density at radius 1 is 1.35 bits per heavy atom. The van der Waals surface area contributed by atoms with E-state index >= 15 is 0 Å². The molecule has 0 aliphatic heterocycles. The highest BCUT2D eigenvalue weighted by Crippen LogP contribution is 2.37. The Bertz CT molecular complexity index is 359. The molecule has 1 aromatic carbocycles. The Kier molecular flexibility index (Phi) is 4.23. The first-order chi connectivity index (χ1) is 8.13. The molecule has 0 amide bonds. The molecular weight excluding hydrogens is 276 g/mol. The van der Waals surface area contributed by atoms with Crippen molar-refractivity contribution in [2.24, 2.45) is 11.7 Å². The second-order valence-electron chi connectivity index (χ2n) is 5.05. The molecule has 94 valence electrons. The average molecular weight is 297 g/mol. The van der Waals surface area contributed by atoms with Gasteiger partial charge in [0.2, 0.25) is 0 Å². The average Bonchev–Trinajstić information content (AvgIpc) is 3.15. The van der Waals surface area contributed by atoms with Crippen molar-refractivity contribution in [3.8, 4) is 0 Å². The van der Waals surface area contributed by atoms with Gasteiger partial charge in [-0.15, -0.1) is 0 Å². The van der Waals surface area contributed by atoms with Crippen molar-refractivity contribution < 1.29 is 0 Å². The van der Waals surface area contributed by atoms with Gasteiger partial charge in [-0.25, -0.2) is 0 Å². The van der Waals surface area contributed by atoms with Crippen LogP contribution in [0.1, 0.15) is 31.4 Å². The molecule has 1 aliphatic rings. The highest BCUT2D eigenvalue weighted by atomic mass is 79.9. The summed E-state index contributed by atoms with van der Waals surface area (Å²) in [6.45, 7) is 2.99. The Labute approximate surface area is 112 Å². The maximum Gasteiger partial charge on any atom is 0.0470 e. The minimum Gasteiger partial charge on any atom is -0.329 e. The van der Waals surface area contributed by atoms with Gasteiger partial charge in [0.25, 0.3) is 0 Å². The first-order valence-electron chi connectivity index (χ1n) is 6.31. The topological polar surface area (TPSA) is 29.3 Å². The zero-order chi connectivity index (χ0) is 12.4. The molecule has 1 saturated carbocycles. The lowest BCUT2D eigenvalue weighted by atomic mass is 10.0. The predicted molar refractivity (Wildman–Crippen MR) is 75.9 cm³/mol. The van der Waals surface area contributed by atoms with Crippen LogP contribution >= 0.6 is 15.9 Å². The normalized spacial score (nSPS) is 19.4. The second-order valence-corrected chi connectivity index (χ2v) is 5.96. The van der Waals surface area contributed by atoms with Crippen LogP contribution in [0.5, 0.6) is 0 Å². The lowest BCUT2D eigenvalue weighted by molar-refractivity contribution is 0.171. The summed E-state index contributed by atoms with van der Waals surface area (Å²) in [4.78, 5) is 2.43. The van der Waals surface area contributed by atoms with Crippen molar-refractivity contribution in [1.82, 2.24) is 4.90 Å². The van der Waals surface area contributed by atoms with Crippen LogP contribution in [0.4, 0.5) is 0 Å². The van der Waals surface area contributed by atoms with E-state index in [1.165, 1.54) is 18.4 Å². The van der Waals surface area contributed by atoms with Gasteiger partial charge in [-0.2, -0.15) is 0 Å². The molecule has 3 heteroatoms. The van der Waals surface area contributed by atoms with Crippen molar-refractivity contribution in [3.05, 3.63) is 34.3 Å². The van der Waals surface area contributed by atoms with E-state index in [2.05, 4.69) is 59.1 Å². The molecule has 2 rings (SSSR count). The number of hydrogen-bond acceptors (Lipinski definition) is 2. The fourth-order valence-corrected chi connectivity index (χ4v) is 2.68. The van der Waals surface area contributed by atoms with E-state index in [1.54, 1.807) is 0 Å². The fourth-order valence-electron chi connectivity index (χ4n) is 2.42. The van der Waals surface area contributed by atoms with Crippen LogP contribution < -0.4 is 5.73 Å². The number of halogens is 1. The van der Waals surface area contributed by atoms with Crippen molar-refractivity contribution >= 4 is 15.9 Å². The Morgan fingerprint density at radius 3 is 2.41 bits per heavy atom. The Hall–Kier alpha value is -0.380. The molecule has 0 aromatic heterocycles. The monoisotopic (exact) mass is 296 g/mol. The van der Waals surface area contributed by atoms with Crippen LogP contribution in [-0.4, -0.2) is 24.5 Å². The van der Waals surface area contributed by atoms with Gasteiger partial charge in [-0.05, 0) is 50.4 Å². The van der Waals surface area contributed by atoms with Crippen LogP contribution in [0.15, 0.2) is 28.7 Å². The molecule has 2 unspecified atom stereocenters. The lowest BCUT2D eigenvalue weighted by Crippen LogP contribution is -2.38. The van der Waals surface area contributed by atoms with E-state index in [9.17, 15) is 0 Å². The van der Waals surface area contributed by atoms with E-state index in [0.29, 0.717) is 18.6 Å². The molecule has 0 heterocycles. The third-order valence-corrected chi connectivity index (χ3v) is 4.44. The van der Waals surface area contributed by atoms with Gasteiger partial charge in [0.15, 0.2) is 0 Å². The standard InChI is InChI=1S/C14H21BrN2/c1-10(11-3-4-11)17(2)14(9-16)12-5-7-13(15)8-6-12/h5-8,10-11,14H,3-4,9,16H2,1-2H3. The maximum atomic E-state index is 5.95. The van der Waals surface area contributed by atoms with Crippen LogP contribution in [-0.2, 0) is 0 Å². The summed E-state index contributed by atoms with van der Waals surface area (Å²) in [5, 5.41) is 0. The summed E-state index contributed by atoms with van der Waals surface area (Å²) in [6.07, 6.45) is 2.76. The summed E-state index contributed by atoms with van der Waals surface area (Å²) in [5.41, 5.74) is 7.26. The summed E-state index contributed by atoms with van der Waals surface area (Å²) < 4.78 is 1.12. The molecular formula is C14H21BrN2. The third-order valence-electron chi connectivity index (χ3n) is 3.92. The third kappa shape index (κ3) is 3.09. The number of hydrogen-bond donors (Lipinski definition) is 1. The van der Waals surface area contributed by atoms with Gasteiger partial charge in [0.05, 0.1) is 0 Å². The largest absolute Gasteiger partial charge is 0.329 e. The fraction of sp³-hybridized carbons (Fsp3) is 0.571. The van der Waals surface area contributed by atoms with Gasteiger partial charge in [0, 0.05) is 23.1 Å². The Balaban J connectivity index is 2.11. The number of likely N-dealkylation sites (N-methyl/N-ethyl adjacent to an activating group) is 1. The zero-order valence-corrected chi connectivity index (χ0v) is 12.2. The van der Waals surface area contributed by atoms with Crippen molar-refractivity contribution in [1.29, 1.82) is 0 Å². The predicted octanol–water partition coefficient (Wildman–Crippen LogP) is 3.18. The van der Waals surface area contributed by atoms with Gasteiger partial charge in [-0.3, -0.25) is 4.90 Å². The van der Waals surface area contributed by atoms with E-state index < -0.39 is 0 Å². The van der Waals surface area contributed by atoms with Crippen LogP contribution in [0.2, 0.25) is 0 Å². The molecule has 0 radical (unpaired) electrons. The summed E-state index contributed by atoms with van der Waals surface area (Å²) in [7, 11) is 2.20. The molecule has 0 saturated heterocycles. The SMILES string of the molecule is CC(C1CC1)N(C)C(CN)c1ccc(Br)cc1. The number of nitrogens with zero attached hydrogens (tertiary/aromatic N) is 1. The van der Waals surface area contributed by atoms with Crippen LogP contribution in [0.25, 0.3) is 0 Å². The highest BCUT2D eigenvalue weighted by molar-refractivity contribution is 9.10. The van der Waals surface area contributed by atoms with Crippen molar-refractivity contribution in [3.63, 3.8) is 0 Å². The lowest BCUT2D eigenvalue weighted by Gasteiger charge is -2.33. The van der Waals surface area contributed by atoms with Gasteiger partial charge in [0.1, 0.15) is 0 Å². The zero-order valence-electron chi connectivity index (χ0n) is 10.6. The van der Waals surface area contributed by atoms with Crippen molar-refractivity contribution in [2.75, 3.05) is 13.6 Å². The van der Waals surface area contributed by atoms with E-state index in [-0.39, 0.29) is 0 Å². The van der Waals surface area contributed by atoms with E-state index in [0.717, 1.165) is 10.4 Å². The molecule has 2 N–H and O–H groups in total. The van der Waals surface area contributed by atoms with E-state index in [1.807, 2.05) is 0 Å². The molecule has 1 aromatic rings. The summed E-state index contributed by atoms with van der Waals surface area (Å²) >= 11 is 3.47. The Morgan fingerprint density at radius 2 is 1.94 bits per heavy atom. The molecule has 0 spiro atoms. The molecule has 1 aliphatic carbocycles. The van der Waals surface area contributed by atoms with Gasteiger partial charge in [-0.1, -0.05) is 28.1 Å². The minimum absolute atomic E-state index is 0.332. The first kappa shape index (κ1) is 13.1. The van der Waals surface area contributed by atoms with Crippen LogP contribution in [0.3, 0.4) is 0 Å². The maximum absolute atomic E-state index is 5.95. The molecule has 2 nitrogen and oxygen atoms in total. The molecule has 2 atom stereocenters. The quantitative estimate of drug-likeness (QED) is 0.904. The first-order valence-corrected chi connectivity index (χ1v) is 7.10. The van der Waals surface area contributed by atoms with E-state index in [4.69, 9.17) is 5.73 Å². The smallest absolute Gasteiger partial charge is 0.0470 e. The number of rotatable bonds is 5. The molecule has 17 heavy (non-hydrogen) atoms. The van der Waals surface area contributed by atoms with Gasteiger partial charge >= 0.3 is 0 Å². The molecule has 1 fully saturated rings. The van der Waals surface area contributed by atoms with Gasteiger partial charge < -0.3 is 5.73 Å². The van der Waals surface area contributed by atoms with Crippen LogP contribution in [0, 0.1) is 5.92 Å². The number of benzene rings is 1. The number of nitrogens with two attached hydrogens (primary N) is 1. The summed E-state index contributed by atoms with van der Waals surface area (Å²) in [5.74, 6) is 0.879. The second kappa shape index (κ2) is 5.51.